The number of thiazole rings is 1. The molecule has 0 bridgehead atoms. The number of amides is 1. The molecule has 0 saturated carbocycles. The van der Waals surface area contributed by atoms with Gasteiger partial charge in [0, 0.05) is 0 Å². The molecule has 28 heavy (non-hydrogen) atoms. The van der Waals surface area contributed by atoms with Crippen LogP contribution in [-0.2, 0) is 9.53 Å². The van der Waals surface area contributed by atoms with Crippen molar-refractivity contribution in [3.63, 3.8) is 0 Å². The molecule has 4 rings (SSSR count). The summed E-state index contributed by atoms with van der Waals surface area (Å²) in [4.78, 5) is 30.1. The first-order valence-electron chi connectivity index (χ1n) is 8.27. The summed E-state index contributed by atoms with van der Waals surface area (Å²) in [7, 11) is 0. The number of anilines is 1. The second kappa shape index (κ2) is 8.10. The summed E-state index contributed by atoms with van der Waals surface area (Å²) in [6, 6.07) is 18.2. The van der Waals surface area contributed by atoms with E-state index >= 15 is 0 Å². The highest BCUT2D eigenvalue weighted by Gasteiger charge is 2.16. The summed E-state index contributed by atoms with van der Waals surface area (Å²) in [6.07, 6.45) is 0. The zero-order valence-electron chi connectivity index (χ0n) is 14.3. The van der Waals surface area contributed by atoms with Crippen LogP contribution in [0.2, 0.25) is 5.02 Å². The molecule has 8 heteroatoms. The molecule has 4 aromatic rings. The van der Waals surface area contributed by atoms with Gasteiger partial charge >= 0.3 is 5.97 Å². The smallest absolute Gasteiger partial charge is 0.348 e. The summed E-state index contributed by atoms with van der Waals surface area (Å²) >= 11 is 8.85. The number of nitrogens with zero attached hydrogens (tertiary/aromatic N) is 1. The molecule has 2 aromatic heterocycles. The van der Waals surface area contributed by atoms with Crippen molar-refractivity contribution in [1.29, 1.82) is 0 Å². The predicted octanol–water partition coefficient (Wildman–Crippen LogP) is 5.47. The van der Waals surface area contributed by atoms with Crippen LogP contribution in [0.3, 0.4) is 0 Å². The Bertz CT molecular complexity index is 1140. The number of aromatic nitrogens is 1. The largest absolute Gasteiger partial charge is 0.451 e. The second-order valence-corrected chi connectivity index (χ2v) is 8.28. The van der Waals surface area contributed by atoms with E-state index in [0.29, 0.717) is 15.6 Å². The molecule has 5 nitrogen and oxygen atoms in total. The summed E-state index contributed by atoms with van der Waals surface area (Å²) in [5, 5.41) is 3.88. The number of carbonyl (C=O) groups excluding carboxylic acids is 2. The fraction of sp³-hybridized carbons (Fsp3) is 0.0500. The number of para-hydroxylation sites is 2. The third-order valence-electron chi connectivity index (χ3n) is 3.79. The van der Waals surface area contributed by atoms with E-state index in [4.69, 9.17) is 16.3 Å². The molecule has 0 radical (unpaired) electrons. The molecule has 0 atom stereocenters. The van der Waals surface area contributed by atoms with Crippen molar-refractivity contribution >= 4 is 62.1 Å². The van der Waals surface area contributed by atoms with Gasteiger partial charge in [0.1, 0.15) is 9.88 Å². The zero-order chi connectivity index (χ0) is 19.5. The summed E-state index contributed by atoms with van der Waals surface area (Å²) in [5.41, 5.74) is 1.40. The maximum Gasteiger partial charge on any atom is 0.348 e. The lowest BCUT2D eigenvalue weighted by Gasteiger charge is -2.07. The Morgan fingerprint density at radius 2 is 1.79 bits per heavy atom. The molecule has 1 amide bonds. The average molecular weight is 429 g/mol. The maximum atomic E-state index is 12.3. The van der Waals surface area contributed by atoms with Gasteiger partial charge in [-0.2, -0.15) is 0 Å². The number of esters is 1. The molecule has 0 saturated heterocycles. The molecule has 140 valence electrons. The Morgan fingerprint density at radius 1 is 1.00 bits per heavy atom. The maximum absolute atomic E-state index is 12.3. The molecule has 2 heterocycles. The summed E-state index contributed by atoms with van der Waals surface area (Å²) in [5.74, 6) is -1.00. The van der Waals surface area contributed by atoms with Crippen LogP contribution in [-0.4, -0.2) is 23.5 Å². The highest BCUT2D eigenvalue weighted by molar-refractivity contribution is 7.26. The SMILES string of the molecule is O=C(COC(=O)c1ccc(-c2nc3ccccc3s2)s1)Nc1ccccc1Cl. The van der Waals surface area contributed by atoms with Crippen LogP contribution < -0.4 is 5.32 Å². The van der Waals surface area contributed by atoms with Gasteiger partial charge in [-0.15, -0.1) is 22.7 Å². The van der Waals surface area contributed by atoms with Crippen LogP contribution in [0.25, 0.3) is 20.1 Å². The van der Waals surface area contributed by atoms with E-state index in [2.05, 4.69) is 10.3 Å². The molecule has 0 spiro atoms. The van der Waals surface area contributed by atoms with Crippen molar-refractivity contribution in [2.24, 2.45) is 0 Å². The van der Waals surface area contributed by atoms with E-state index in [1.165, 1.54) is 11.3 Å². The molecule has 0 unspecified atom stereocenters. The van der Waals surface area contributed by atoms with Gasteiger partial charge in [-0.1, -0.05) is 35.9 Å². The molecule has 0 aliphatic carbocycles. The minimum atomic E-state index is -0.549. The number of thiophene rings is 1. The Kier molecular flexibility index (Phi) is 5.38. The molecule has 2 aromatic carbocycles. The van der Waals surface area contributed by atoms with Gasteiger partial charge in [-0.3, -0.25) is 4.79 Å². The first-order valence-corrected chi connectivity index (χ1v) is 10.3. The molecule has 1 N–H and O–H groups in total. The fourth-order valence-corrected chi connectivity index (χ4v) is 4.59. The first-order chi connectivity index (χ1) is 13.6. The van der Waals surface area contributed by atoms with Crippen molar-refractivity contribution in [2.75, 3.05) is 11.9 Å². The van der Waals surface area contributed by atoms with E-state index in [9.17, 15) is 9.59 Å². The minimum Gasteiger partial charge on any atom is -0.451 e. The Hall–Kier alpha value is -2.74. The third kappa shape index (κ3) is 4.06. The Balaban J connectivity index is 1.39. The molecular weight excluding hydrogens is 416 g/mol. The number of fused-ring (bicyclic) bond motifs is 1. The van der Waals surface area contributed by atoms with Gasteiger partial charge in [-0.25, -0.2) is 9.78 Å². The third-order valence-corrected chi connectivity index (χ3v) is 6.39. The number of ether oxygens (including phenoxy) is 1. The van der Waals surface area contributed by atoms with Gasteiger partial charge in [0.15, 0.2) is 6.61 Å². The highest BCUT2D eigenvalue weighted by Crippen LogP contribution is 2.34. The predicted molar refractivity (Wildman–Crippen MR) is 113 cm³/mol. The number of rotatable bonds is 5. The van der Waals surface area contributed by atoms with Gasteiger partial charge < -0.3 is 10.1 Å². The van der Waals surface area contributed by atoms with Gasteiger partial charge in [0.2, 0.25) is 0 Å². The summed E-state index contributed by atoms with van der Waals surface area (Å²) < 4.78 is 6.20. The van der Waals surface area contributed by atoms with Crippen LogP contribution in [0.5, 0.6) is 0 Å². The quantitative estimate of drug-likeness (QED) is 0.428. The van der Waals surface area contributed by atoms with Gasteiger partial charge in [0.25, 0.3) is 5.91 Å². The van der Waals surface area contributed by atoms with Crippen LogP contribution in [0.1, 0.15) is 9.67 Å². The van der Waals surface area contributed by atoms with Crippen LogP contribution in [0, 0.1) is 0 Å². The van der Waals surface area contributed by atoms with Gasteiger partial charge in [0.05, 0.1) is 25.8 Å². The molecule has 0 aliphatic heterocycles. The van der Waals surface area contributed by atoms with Crippen LogP contribution in [0.15, 0.2) is 60.7 Å². The number of halogens is 1. The Morgan fingerprint density at radius 3 is 2.61 bits per heavy atom. The minimum absolute atomic E-state index is 0.390. The molecular formula is C20H13ClN2O3S2. The number of nitrogens with one attached hydrogen (secondary N) is 1. The number of hydrogen-bond donors (Lipinski definition) is 1. The normalized spacial score (nSPS) is 10.8. The van der Waals surface area contributed by atoms with Crippen LogP contribution >= 0.6 is 34.3 Å². The fourth-order valence-electron chi connectivity index (χ4n) is 2.49. The average Bonchev–Trinajstić information content (AvgIpc) is 3.35. The second-order valence-electron chi connectivity index (χ2n) is 5.75. The van der Waals surface area contributed by atoms with E-state index in [1.807, 2.05) is 30.3 Å². The van der Waals surface area contributed by atoms with Crippen molar-refractivity contribution in [2.45, 2.75) is 0 Å². The summed E-state index contributed by atoms with van der Waals surface area (Å²) in [6.45, 7) is -0.390. The van der Waals surface area contributed by atoms with Crippen LogP contribution in [0.4, 0.5) is 5.69 Å². The van der Waals surface area contributed by atoms with E-state index in [0.717, 1.165) is 20.1 Å². The highest BCUT2D eigenvalue weighted by atomic mass is 35.5. The first kappa shape index (κ1) is 18.6. The van der Waals surface area contributed by atoms with E-state index in [1.54, 1.807) is 41.7 Å². The zero-order valence-corrected chi connectivity index (χ0v) is 16.7. The van der Waals surface area contributed by atoms with E-state index in [-0.39, 0.29) is 0 Å². The topological polar surface area (TPSA) is 68.3 Å². The molecule has 0 fully saturated rings. The van der Waals surface area contributed by atoms with E-state index < -0.39 is 18.5 Å². The number of hydrogen-bond acceptors (Lipinski definition) is 6. The monoisotopic (exact) mass is 428 g/mol. The van der Waals surface area contributed by atoms with Crippen molar-refractivity contribution in [3.8, 4) is 9.88 Å². The Labute approximate surface area is 173 Å². The van der Waals surface area contributed by atoms with Gasteiger partial charge in [-0.05, 0) is 36.4 Å². The molecule has 0 aliphatic rings. The lowest BCUT2D eigenvalue weighted by atomic mass is 10.3. The standard InChI is InChI=1S/C20H13ClN2O3S2/c21-12-5-1-2-6-13(12)22-18(24)11-26-20(25)17-10-9-16(27-17)19-23-14-7-3-4-8-15(14)28-19/h1-10H,11H2,(H,22,24). The lowest BCUT2D eigenvalue weighted by molar-refractivity contribution is -0.119. The number of benzene rings is 2. The van der Waals surface area contributed by atoms with Crippen molar-refractivity contribution in [3.05, 3.63) is 70.6 Å². The van der Waals surface area contributed by atoms with Crippen molar-refractivity contribution in [1.82, 2.24) is 4.98 Å². The number of carbonyl (C=O) groups is 2. The lowest BCUT2D eigenvalue weighted by Crippen LogP contribution is -2.20. The van der Waals surface area contributed by atoms with Crippen molar-refractivity contribution < 1.29 is 14.3 Å².